The molecule has 7 nitrogen and oxygen atoms in total. The van der Waals surface area contributed by atoms with Crippen molar-refractivity contribution >= 4 is 5.96 Å². The Morgan fingerprint density at radius 1 is 1.04 bits per heavy atom. The van der Waals surface area contributed by atoms with Crippen molar-refractivity contribution in [1.29, 1.82) is 0 Å². The van der Waals surface area contributed by atoms with E-state index in [1.54, 1.807) is 27.5 Å². The highest BCUT2D eigenvalue weighted by Gasteiger charge is 2.04. The van der Waals surface area contributed by atoms with Crippen molar-refractivity contribution in [3.63, 3.8) is 0 Å². The third-order valence-electron chi connectivity index (χ3n) is 3.66. The van der Waals surface area contributed by atoms with Gasteiger partial charge < -0.3 is 24.8 Å². The van der Waals surface area contributed by atoms with E-state index in [1.807, 2.05) is 36.4 Å². The Bertz CT molecular complexity index is 689. The molecule has 1 heterocycles. The quantitative estimate of drug-likeness (QED) is 0.405. The van der Waals surface area contributed by atoms with Crippen LogP contribution >= 0.6 is 0 Å². The summed E-state index contributed by atoms with van der Waals surface area (Å²) in [6.45, 7) is 2.25. The van der Waals surface area contributed by atoms with Gasteiger partial charge in [-0.25, -0.2) is 4.98 Å². The van der Waals surface area contributed by atoms with Gasteiger partial charge in [0.15, 0.2) is 5.96 Å². The Labute approximate surface area is 154 Å². The number of hydrogen-bond donors (Lipinski definition) is 2. The Balaban J connectivity index is 1.81. The van der Waals surface area contributed by atoms with Crippen LogP contribution in [0.1, 0.15) is 11.1 Å². The van der Waals surface area contributed by atoms with Crippen molar-refractivity contribution < 1.29 is 14.2 Å². The van der Waals surface area contributed by atoms with Crippen molar-refractivity contribution in [2.75, 3.05) is 34.5 Å². The third kappa shape index (κ3) is 6.25. The third-order valence-corrected chi connectivity index (χ3v) is 3.66. The lowest BCUT2D eigenvalue weighted by molar-refractivity contribution is 0.143. The van der Waals surface area contributed by atoms with Crippen molar-refractivity contribution in [2.24, 2.45) is 4.99 Å². The lowest BCUT2D eigenvalue weighted by Gasteiger charge is -2.14. The molecule has 0 amide bonds. The first-order chi connectivity index (χ1) is 12.8. The van der Waals surface area contributed by atoms with Crippen LogP contribution in [0.2, 0.25) is 0 Å². The topological polar surface area (TPSA) is 77.0 Å². The van der Waals surface area contributed by atoms with E-state index in [9.17, 15) is 0 Å². The van der Waals surface area contributed by atoms with Gasteiger partial charge in [-0.2, -0.15) is 0 Å². The predicted molar refractivity (Wildman–Crippen MR) is 102 cm³/mol. The summed E-state index contributed by atoms with van der Waals surface area (Å²) >= 11 is 0. The fourth-order valence-corrected chi connectivity index (χ4v) is 2.26. The van der Waals surface area contributed by atoms with Crippen LogP contribution in [0.3, 0.4) is 0 Å². The van der Waals surface area contributed by atoms with Crippen LogP contribution in [0.4, 0.5) is 0 Å². The molecule has 1 aromatic heterocycles. The van der Waals surface area contributed by atoms with E-state index < -0.39 is 0 Å². The summed E-state index contributed by atoms with van der Waals surface area (Å²) in [7, 11) is 5.05. The first-order valence-electron chi connectivity index (χ1n) is 8.40. The molecule has 0 aliphatic carbocycles. The molecule has 0 saturated heterocycles. The molecule has 0 atom stereocenters. The van der Waals surface area contributed by atoms with E-state index in [1.165, 1.54) is 0 Å². The Hall–Kier alpha value is -2.80. The minimum absolute atomic E-state index is 0.487. The summed E-state index contributed by atoms with van der Waals surface area (Å²) in [6.07, 6.45) is 1.78. The van der Waals surface area contributed by atoms with Gasteiger partial charge in [-0.05, 0) is 11.6 Å². The van der Waals surface area contributed by atoms with E-state index in [2.05, 4.69) is 20.6 Å². The predicted octanol–water partition coefficient (Wildman–Crippen LogP) is 1.98. The molecule has 0 saturated carbocycles. The first kappa shape index (κ1) is 19.5. The van der Waals surface area contributed by atoms with Crippen LogP contribution in [0, 0.1) is 0 Å². The Morgan fingerprint density at radius 2 is 1.85 bits per heavy atom. The van der Waals surface area contributed by atoms with E-state index in [0.29, 0.717) is 38.1 Å². The molecule has 0 radical (unpaired) electrons. The van der Waals surface area contributed by atoms with Gasteiger partial charge in [-0.3, -0.25) is 4.99 Å². The number of nitrogens with zero attached hydrogens (tertiary/aromatic N) is 2. The minimum Gasteiger partial charge on any atom is -0.496 e. The fourth-order valence-electron chi connectivity index (χ4n) is 2.26. The molecule has 1 aromatic carbocycles. The molecular weight excluding hydrogens is 332 g/mol. The zero-order valence-electron chi connectivity index (χ0n) is 15.5. The number of aromatic nitrogens is 1. The normalized spacial score (nSPS) is 11.1. The van der Waals surface area contributed by atoms with E-state index in [-0.39, 0.29) is 0 Å². The van der Waals surface area contributed by atoms with Gasteiger partial charge in [0.1, 0.15) is 12.4 Å². The van der Waals surface area contributed by atoms with Gasteiger partial charge in [0.25, 0.3) is 0 Å². The summed E-state index contributed by atoms with van der Waals surface area (Å²) in [5.74, 6) is 2.14. The van der Waals surface area contributed by atoms with E-state index >= 15 is 0 Å². The highest BCUT2D eigenvalue weighted by Crippen LogP contribution is 2.16. The van der Waals surface area contributed by atoms with Crippen molar-refractivity contribution in [2.45, 2.75) is 13.1 Å². The SMILES string of the molecule is CN=C(NCc1ccc(OCCOC)nc1)NCc1ccccc1OC. The molecule has 2 N–H and O–H groups in total. The Kier molecular flexibility index (Phi) is 8.21. The highest BCUT2D eigenvalue weighted by atomic mass is 16.5. The molecule has 2 aromatic rings. The fraction of sp³-hybridized carbons (Fsp3) is 0.368. The average Bonchev–Trinajstić information content (AvgIpc) is 2.69. The number of rotatable bonds is 9. The number of nitrogens with one attached hydrogen (secondary N) is 2. The molecule has 0 aliphatic rings. The van der Waals surface area contributed by atoms with Crippen LogP contribution in [0.5, 0.6) is 11.6 Å². The van der Waals surface area contributed by atoms with Crippen LogP contribution in [-0.2, 0) is 17.8 Å². The zero-order chi connectivity index (χ0) is 18.6. The van der Waals surface area contributed by atoms with Gasteiger partial charge in [-0.15, -0.1) is 0 Å². The summed E-state index contributed by atoms with van der Waals surface area (Å²) < 4.78 is 15.8. The number of hydrogen-bond acceptors (Lipinski definition) is 5. The van der Waals surface area contributed by atoms with Crippen LogP contribution < -0.4 is 20.1 Å². The zero-order valence-corrected chi connectivity index (χ0v) is 15.5. The lowest BCUT2D eigenvalue weighted by atomic mass is 10.2. The second-order valence-electron chi connectivity index (χ2n) is 5.44. The van der Waals surface area contributed by atoms with Gasteiger partial charge in [0.05, 0.1) is 13.7 Å². The number of methoxy groups -OCH3 is 2. The highest BCUT2D eigenvalue weighted by molar-refractivity contribution is 5.79. The van der Waals surface area contributed by atoms with Crippen LogP contribution in [-0.4, -0.2) is 45.4 Å². The standard InChI is InChI=1S/C19H26N4O3/c1-20-19(23-14-16-6-4-5-7-17(16)25-3)22-13-15-8-9-18(21-12-15)26-11-10-24-2/h4-9,12H,10-11,13-14H2,1-3H3,(H2,20,22,23). The maximum absolute atomic E-state index is 5.45. The molecule has 26 heavy (non-hydrogen) atoms. The molecular formula is C19H26N4O3. The second-order valence-corrected chi connectivity index (χ2v) is 5.44. The number of ether oxygens (including phenoxy) is 3. The lowest BCUT2D eigenvalue weighted by Crippen LogP contribution is -2.36. The van der Waals surface area contributed by atoms with Gasteiger partial charge in [0.2, 0.25) is 5.88 Å². The Morgan fingerprint density at radius 3 is 2.54 bits per heavy atom. The number of benzene rings is 1. The average molecular weight is 358 g/mol. The van der Waals surface area contributed by atoms with Gasteiger partial charge >= 0.3 is 0 Å². The largest absolute Gasteiger partial charge is 0.496 e. The molecule has 0 spiro atoms. The van der Waals surface area contributed by atoms with Crippen LogP contribution in [0.25, 0.3) is 0 Å². The second kappa shape index (κ2) is 10.9. The van der Waals surface area contributed by atoms with Gasteiger partial charge in [0, 0.05) is 45.1 Å². The van der Waals surface area contributed by atoms with Crippen molar-refractivity contribution in [3.8, 4) is 11.6 Å². The molecule has 140 valence electrons. The van der Waals surface area contributed by atoms with Gasteiger partial charge in [-0.1, -0.05) is 24.3 Å². The number of para-hydroxylation sites is 1. The van der Waals surface area contributed by atoms with Crippen LogP contribution in [0.15, 0.2) is 47.6 Å². The summed E-state index contributed by atoms with van der Waals surface area (Å²) in [5, 5.41) is 6.54. The smallest absolute Gasteiger partial charge is 0.213 e. The number of pyridine rings is 1. The summed E-state index contributed by atoms with van der Waals surface area (Å²) in [5.41, 5.74) is 2.10. The maximum atomic E-state index is 5.45. The van der Waals surface area contributed by atoms with E-state index in [0.717, 1.165) is 16.9 Å². The van der Waals surface area contributed by atoms with Crippen molar-refractivity contribution in [3.05, 3.63) is 53.7 Å². The molecule has 0 unspecified atom stereocenters. The van der Waals surface area contributed by atoms with E-state index in [4.69, 9.17) is 14.2 Å². The molecule has 2 rings (SSSR count). The number of aliphatic imine (C=N–C) groups is 1. The minimum atomic E-state index is 0.487. The molecule has 0 aliphatic heterocycles. The molecule has 7 heteroatoms. The van der Waals surface area contributed by atoms with Crippen molar-refractivity contribution in [1.82, 2.24) is 15.6 Å². The summed E-state index contributed by atoms with van der Waals surface area (Å²) in [6, 6.07) is 11.7. The molecule has 0 fully saturated rings. The number of guanidine groups is 1. The maximum Gasteiger partial charge on any atom is 0.213 e. The molecule has 0 bridgehead atoms. The first-order valence-corrected chi connectivity index (χ1v) is 8.40. The monoisotopic (exact) mass is 358 g/mol. The summed E-state index contributed by atoms with van der Waals surface area (Å²) in [4.78, 5) is 8.51.